The molecule has 1 fully saturated rings. The monoisotopic (exact) mass is 606 g/mol. The average molecular weight is 607 g/mol. The summed E-state index contributed by atoms with van der Waals surface area (Å²) in [5.41, 5.74) is 2.69. The normalized spacial score (nSPS) is 15.0. The Labute approximate surface area is 249 Å². The molecule has 1 aliphatic rings. The number of hydrogen-bond acceptors (Lipinski definition) is 7. The van der Waals surface area contributed by atoms with Crippen LogP contribution < -0.4 is 0 Å². The van der Waals surface area contributed by atoms with Crippen LogP contribution in [-0.2, 0) is 21.4 Å². The van der Waals surface area contributed by atoms with Crippen LogP contribution in [0.3, 0.4) is 0 Å². The third-order valence-corrected chi connectivity index (χ3v) is 9.78. The molecule has 11 heteroatoms. The zero-order valence-electron chi connectivity index (χ0n) is 22.8. The van der Waals surface area contributed by atoms with Crippen molar-refractivity contribution in [3.8, 4) is 16.9 Å². The summed E-state index contributed by atoms with van der Waals surface area (Å²) in [7, 11) is -3.69. The predicted octanol–water partition coefficient (Wildman–Crippen LogP) is 6.34. The Bertz CT molecular complexity index is 1670. The van der Waals surface area contributed by atoms with Crippen molar-refractivity contribution < 1.29 is 17.6 Å². The van der Waals surface area contributed by atoms with Crippen LogP contribution in [0.15, 0.2) is 93.4 Å². The van der Waals surface area contributed by atoms with Crippen LogP contribution >= 0.6 is 24.0 Å². The molecule has 8 nitrogen and oxygen atoms in total. The van der Waals surface area contributed by atoms with E-state index in [1.54, 1.807) is 47.4 Å². The molecule has 1 saturated heterocycles. The van der Waals surface area contributed by atoms with Crippen LogP contribution in [0.2, 0.25) is 0 Å². The standard InChI is InChI=1S/C30H30N4O4S3/c1-3-15-32(16-4-2)41(36,37)26-14-8-10-22(18-26)28-23(20-34(31-28)24-11-6-5-7-12-24)19-27-29(35)33(30(39)40-27)21-25-13-9-17-38-25/h5-14,17-20H,3-4,15-16,21H2,1-2H3/b27-19-. The minimum Gasteiger partial charge on any atom is -0.467 e. The number of rotatable bonds is 11. The van der Waals surface area contributed by atoms with Crippen molar-refractivity contribution in [2.24, 2.45) is 0 Å². The fraction of sp³-hybridized carbons (Fsp3) is 0.233. The first-order chi connectivity index (χ1) is 19.8. The molecule has 4 aromatic rings. The Kier molecular flexibility index (Phi) is 8.88. The second-order valence-corrected chi connectivity index (χ2v) is 13.1. The molecule has 3 heterocycles. The van der Waals surface area contributed by atoms with Crippen LogP contribution in [-0.4, -0.2) is 50.7 Å². The topological polar surface area (TPSA) is 88.7 Å². The lowest BCUT2D eigenvalue weighted by Gasteiger charge is -2.21. The van der Waals surface area contributed by atoms with E-state index in [2.05, 4.69) is 0 Å². The molecule has 0 aliphatic carbocycles. The Morgan fingerprint density at radius 3 is 2.46 bits per heavy atom. The first kappa shape index (κ1) is 29.0. The van der Waals surface area contributed by atoms with Gasteiger partial charge in [-0.2, -0.15) is 9.40 Å². The van der Waals surface area contributed by atoms with Crippen molar-refractivity contribution in [3.05, 3.63) is 95.4 Å². The maximum absolute atomic E-state index is 13.5. The number of thioether (sulfide) groups is 1. The van der Waals surface area contributed by atoms with Gasteiger partial charge in [0.05, 0.1) is 28.3 Å². The van der Waals surface area contributed by atoms with E-state index in [1.807, 2.05) is 56.4 Å². The van der Waals surface area contributed by atoms with Gasteiger partial charge in [-0.3, -0.25) is 9.69 Å². The number of amides is 1. The number of furan rings is 1. The number of nitrogens with zero attached hydrogens (tertiary/aromatic N) is 4. The van der Waals surface area contributed by atoms with E-state index in [9.17, 15) is 13.2 Å². The van der Waals surface area contributed by atoms with E-state index in [0.29, 0.717) is 44.9 Å². The number of sulfonamides is 1. The van der Waals surface area contributed by atoms with Gasteiger partial charge in [0.25, 0.3) is 5.91 Å². The first-order valence-electron chi connectivity index (χ1n) is 13.3. The van der Waals surface area contributed by atoms with Crippen LogP contribution in [0.1, 0.15) is 38.0 Å². The van der Waals surface area contributed by atoms with Crippen molar-refractivity contribution in [2.45, 2.75) is 38.1 Å². The lowest BCUT2D eigenvalue weighted by atomic mass is 10.1. The van der Waals surface area contributed by atoms with E-state index in [-0.39, 0.29) is 17.3 Å². The van der Waals surface area contributed by atoms with Crippen molar-refractivity contribution in [1.82, 2.24) is 19.0 Å². The summed E-state index contributed by atoms with van der Waals surface area (Å²) in [6.07, 6.45) is 6.62. The molecule has 212 valence electrons. The lowest BCUT2D eigenvalue weighted by Crippen LogP contribution is -2.32. The van der Waals surface area contributed by atoms with E-state index >= 15 is 0 Å². The van der Waals surface area contributed by atoms with Gasteiger partial charge in [0.1, 0.15) is 15.8 Å². The van der Waals surface area contributed by atoms with Gasteiger partial charge in [-0.05, 0) is 55.3 Å². The molecule has 0 bridgehead atoms. The molecule has 0 spiro atoms. The highest BCUT2D eigenvalue weighted by molar-refractivity contribution is 8.26. The van der Waals surface area contributed by atoms with Gasteiger partial charge < -0.3 is 4.42 Å². The van der Waals surface area contributed by atoms with Crippen LogP contribution in [0.5, 0.6) is 0 Å². The summed E-state index contributed by atoms with van der Waals surface area (Å²) in [5, 5.41) is 4.84. The van der Waals surface area contributed by atoms with E-state index in [4.69, 9.17) is 21.7 Å². The molecule has 0 unspecified atom stereocenters. The van der Waals surface area contributed by atoms with Gasteiger partial charge >= 0.3 is 0 Å². The average Bonchev–Trinajstić information content (AvgIpc) is 3.71. The van der Waals surface area contributed by atoms with Crippen LogP contribution in [0, 0.1) is 0 Å². The Balaban J connectivity index is 1.56. The molecule has 5 rings (SSSR count). The molecule has 2 aromatic carbocycles. The number of thiocarbonyl (C=S) groups is 1. The number of carbonyl (C=O) groups excluding carboxylic acids is 1. The molecule has 0 saturated carbocycles. The van der Waals surface area contributed by atoms with Gasteiger partial charge in [-0.1, -0.05) is 68.2 Å². The summed E-state index contributed by atoms with van der Waals surface area (Å²) < 4.78 is 36.2. The summed E-state index contributed by atoms with van der Waals surface area (Å²) in [5.74, 6) is 0.416. The van der Waals surface area contributed by atoms with E-state index in [1.165, 1.54) is 21.0 Å². The van der Waals surface area contributed by atoms with E-state index < -0.39 is 10.0 Å². The van der Waals surface area contributed by atoms with Crippen LogP contribution in [0.25, 0.3) is 23.0 Å². The molecule has 2 aromatic heterocycles. The van der Waals surface area contributed by atoms with Gasteiger partial charge in [-0.15, -0.1) is 0 Å². The fourth-order valence-electron chi connectivity index (χ4n) is 4.57. The lowest BCUT2D eigenvalue weighted by molar-refractivity contribution is -0.122. The third-order valence-electron chi connectivity index (χ3n) is 6.51. The van der Waals surface area contributed by atoms with Crippen molar-refractivity contribution in [2.75, 3.05) is 13.1 Å². The quantitative estimate of drug-likeness (QED) is 0.145. The van der Waals surface area contributed by atoms with Gasteiger partial charge in [0.15, 0.2) is 0 Å². The number of carbonyl (C=O) groups is 1. The van der Waals surface area contributed by atoms with Crippen molar-refractivity contribution in [3.63, 3.8) is 0 Å². The molecule has 1 aliphatic heterocycles. The smallest absolute Gasteiger partial charge is 0.266 e. The number of hydrogen-bond donors (Lipinski definition) is 0. The largest absolute Gasteiger partial charge is 0.467 e. The highest BCUT2D eigenvalue weighted by Gasteiger charge is 2.33. The first-order valence-corrected chi connectivity index (χ1v) is 16.0. The van der Waals surface area contributed by atoms with E-state index in [0.717, 1.165) is 18.5 Å². The van der Waals surface area contributed by atoms with Gasteiger partial charge in [-0.25, -0.2) is 13.1 Å². The maximum atomic E-state index is 13.5. The highest BCUT2D eigenvalue weighted by atomic mass is 32.2. The third kappa shape index (κ3) is 6.23. The molecule has 1 amide bonds. The van der Waals surface area contributed by atoms with Gasteiger partial charge in [0.2, 0.25) is 10.0 Å². The summed E-state index contributed by atoms with van der Waals surface area (Å²) in [4.78, 5) is 15.5. The van der Waals surface area contributed by atoms with Crippen molar-refractivity contribution in [1.29, 1.82) is 0 Å². The minimum absolute atomic E-state index is 0.210. The van der Waals surface area contributed by atoms with Gasteiger partial charge in [0, 0.05) is 30.4 Å². The molecule has 0 radical (unpaired) electrons. The number of para-hydroxylation sites is 1. The fourth-order valence-corrected chi connectivity index (χ4v) is 7.49. The minimum atomic E-state index is -3.69. The molecular formula is C30H30N4O4S3. The zero-order valence-corrected chi connectivity index (χ0v) is 25.2. The highest BCUT2D eigenvalue weighted by Crippen LogP contribution is 2.36. The second kappa shape index (κ2) is 12.6. The molecular weight excluding hydrogens is 577 g/mol. The molecule has 0 N–H and O–H groups in total. The summed E-state index contributed by atoms with van der Waals surface area (Å²) in [6.45, 7) is 5.09. The Morgan fingerprint density at radius 2 is 1.78 bits per heavy atom. The Morgan fingerprint density at radius 1 is 1.02 bits per heavy atom. The number of aromatic nitrogens is 2. The zero-order chi connectivity index (χ0) is 29.0. The number of benzene rings is 2. The van der Waals surface area contributed by atoms with Crippen LogP contribution in [0.4, 0.5) is 0 Å². The summed E-state index contributed by atoms with van der Waals surface area (Å²) in [6, 6.07) is 20.0. The van der Waals surface area contributed by atoms with Crippen molar-refractivity contribution >= 4 is 50.3 Å². The SMILES string of the molecule is CCCN(CCC)S(=O)(=O)c1cccc(-c2nn(-c3ccccc3)cc2/C=C2\SC(=S)N(Cc3ccco3)C2=O)c1. The predicted molar refractivity (Wildman–Crippen MR) is 166 cm³/mol. The molecule has 41 heavy (non-hydrogen) atoms. The Hall–Kier alpha value is -3.51. The summed E-state index contributed by atoms with van der Waals surface area (Å²) >= 11 is 6.73. The molecule has 0 atom stereocenters. The maximum Gasteiger partial charge on any atom is 0.266 e. The second-order valence-electron chi connectivity index (χ2n) is 9.49.